The van der Waals surface area contributed by atoms with E-state index < -0.39 is 29.7 Å². The Bertz CT molecular complexity index is 2820. The van der Waals surface area contributed by atoms with Crippen molar-refractivity contribution in [2.45, 2.75) is 50.2 Å². The molecule has 0 spiro atoms. The molecule has 4 saturated heterocycles. The highest BCUT2D eigenvalue weighted by molar-refractivity contribution is 6.23. The fourth-order valence-electron chi connectivity index (χ4n) is 10.7. The van der Waals surface area contributed by atoms with Crippen LogP contribution in [-0.4, -0.2) is 137 Å². The predicted octanol–water partition coefficient (Wildman–Crippen LogP) is 5.02. The number of hydrogen-bond acceptors (Lipinski definition) is 13. The van der Waals surface area contributed by atoms with Crippen LogP contribution in [0.4, 0.5) is 28.7 Å². The standard InChI is InChI=1S/C50H55N11O6/c1-5-45(62)52-39-24-40(54-50-51-17-14-38(53-50)37-29-57(3)41-9-7-6-8-34(37)41)44(67-4)25-43(39)56(2)20-21-58-18-15-30(16-19-58)26-59-27-33-22-32(59)28-60(33)31-10-11-35-36(23-31)49(66)61(48(35)65)42-12-13-46(63)55-47(42)64/h5-11,14,17,23-25,29-30,32-33,42H,1,12-13,15-16,18-22,26-28H2,2-4H3,(H,52,62)(H,51,53,54)(H,55,63,64). The first-order chi connectivity index (χ1) is 32.5. The number of imide groups is 2. The molecule has 346 valence electrons. The number of nitrogens with zero attached hydrogens (tertiary/aromatic N) is 8. The lowest BCUT2D eigenvalue weighted by Gasteiger charge is -2.39. The van der Waals surface area contributed by atoms with Gasteiger partial charge in [0.2, 0.25) is 23.7 Å². The summed E-state index contributed by atoms with van der Waals surface area (Å²) < 4.78 is 7.97. The molecule has 5 aliphatic heterocycles. The lowest BCUT2D eigenvalue weighted by Crippen LogP contribution is -2.54. The zero-order valence-electron chi connectivity index (χ0n) is 38.0. The highest BCUT2D eigenvalue weighted by atomic mass is 16.5. The van der Waals surface area contributed by atoms with Crippen molar-refractivity contribution in [2.24, 2.45) is 13.0 Å². The van der Waals surface area contributed by atoms with Gasteiger partial charge in [0.25, 0.3) is 11.8 Å². The largest absolute Gasteiger partial charge is 0.494 e. The number of piperazine rings is 1. The number of likely N-dealkylation sites (N-methyl/N-ethyl adjacent to an activating group) is 1. The highest BCUT2D eigenvalue weighted by Gasteiger charge is 2.47. The topological polar surface area (TPSA) is 178 Å². The van der Waals surface area contributed by atoms with Crippen molar-refractivity contribution in [2.75, 3.05) is 80.4 Å². The number of rotatable bonds is 14. The van der Waals surface area contributed by atoms with Gasteiger partial charge in [0.15, 0.2) is 0 Å². The van der Waals surface area contributed by atoms with Gasteiger partial charge in [0, 0.05) is 106 Å². The van der Waals surface area contributed by atoms with Gasteiger partial charge in [0.05, 0.1) is 41.0 Å². The zero-order chi connectivity index (χ0) is 46.5. The van der Waals surface area contributed by atoms with Gasteiger partial charge in [-0.05, 0) is 87.2 Å². The van der Waals surface area contributed by atoms with E-state index in [9.17, 15) is 24.0 Å². The summed E-state index contributed by atoms with van der Waals surface area (Å²) in [6.45, 7) is 10.2. The van der Waals surface area contributed by atoms with Gasteiger partial charge in [-0.3, -0.25) is 39.1 Å². The van der Waals surface area contributed by atoms with Crippen LogP contribution in [0.15, 0.2) is 85.7 Å². The Kier molecular flexibility index (Phi) is 11.7. The van der Waals surface area contributed by atoms with Gasteiger partial charge in [-0.15, -0.1) is 0 Å². The number of carbonyl (C=O) groups excluding carboxylic acids is 5. The van der Waals surface area contributed by atoms with Gasteiger partial charge in [-0.1, -0.05) is 24.8 Å². The lowest BCUT2D eigenvalue weighted by molar-refractivity contribution is -0.136. The van der Waals surface area contributed by atoms with E-state index in [1.165, 1.54) is 6.08 Å². The molecule has 0 saturated carbocycles. The fraction of sp³-hybridized carbons (Fsp3) is 0.380. The molecule has 3 atom stereocenters. The molecule has 3 aromatic carbocycles. The quantitative estimate of drug-likeness (QED) is 0.100. The van der Waals surface area contributed by atoms with Crippen molar-refractivity contribution in [1.82, 2.24) is 34.6 Å². The van der Waals surface area contributed by atoms with Crippen LogP contribution in [0.3, 0.4) is 0 Å². The molecule has 10 rings (SSSR count). The second-order valence-electron chi connectivity index (χ2n) is 18.4. The van der Waals surface area contributed by atoms with Crippen molar-refractivity contribution in [3.8, 4) is 17.0 Å². The van der Waals surface area contributed by atoms with E-state index in [2.05, 4.69) is 70.0 Å². The summed E-state index contributed by atoms with van der Waals surface area (Å²) in [5, 5.41) is 9.70. The summed E-state index contributed by atoms with van der Waals surface area (Å²) >= 11 is 0. The van der Waals surface area contributed by atoms with Crippen LogP contribution in [0.25, 0.3) is 22.2 Å². The van der Waals surface area contributed by atoms with E-state index in [0.29, 0.717) is 52.2 Å². The molecule has 0 aliphatic carbocycles. The van der Waals surface area contributed by atoms with Gasteiger partial charge in [-0.25, -0.2) is 9.97 Å². The number of likely N-dealkylation sites (tertiary alicyclic amines) is 2. The Morgan fingerprint density at radius 3 is 2.52 bits per heavy atom. The zero-order valence-corrected chi connectivity index (χ0v) is 38.0. The Hall–Kier alpha value is -7.11. The SMILES string of the molecule is C=CC(=O)Nc1cc(Nc2nccc(-c3cn(C)c4ccccc34)n2)c(OC)cc1N(C)CCN1CCC(CN2CC3CC2CN3c2ccc3c(c2)C(=O)N(C2CCC(=O)NC2=O)C3=O)CC1. The summed E-state index contributed by atoms with van der Waals surface area (Å²) in [4.78, 5) is 83.8. The minimum atomic E-state index is -0.976. The number of aromatic nitrogens is 3. The summed E-state index contributed by atoms with van der Waals surface area (Å²) in [6, 6.07) is 19.1. The van der Waals surface area contributed by atoms with Crippen LogP contribution in [-0.2, 0) is 21.4 Å². The monoisotopic (exact) mass is 905 g/mol. The number of methoxy groups -OCH3 is 1. The van der Waals surface area contributed by atoms with Gasteiger partial charge in [0.1, 0.15) is 11.8 Å². The number of nitrogens with one attached hydrogen (secondary N) is 3. The van der Waals surface area contributed by atoms with Gasteiger partial charge in [-0.2, -0.15) is 0 Å². The summed E-state index contributed by atoms with van der Waals surface area (Å²) in [5.74, 6) is -0.700. The lowest BCUT2D eigenvalue weighted by atomic mass is 9.95. The Labute approximate surface area is 388 Å². The molecule has 17 nitrogen and oxygen atoms in total. The van der Waals surface area contributed by atoms with Gasteiger partial charge >= 0.3 is 0 Å². The second-order valence-corrected chi connectivity index (χ2v) is 18.4. The van der Waals surface area contributed by atoms with Crippen molar-refractivity contribution in [3.05, 3.63) is 96.8 Å². The summed E-state index contributed by atoms with van der Waals surface area (Å²) in [7, 11) is 5.67. The number of aryl methyl sites for hydroxylation is 1. The number of hydrogen-bond donors (Lipinski definition) is 3. The number of fused-ring (bicyclic) bond motifs is 4. The molecule has 5 aromatic rings. The number of piperidine rings is 2. The first kappa shape index (κ1) is 43.8. The van der Waals surface area contributed by atoms with E-state index >= 15 is 0 Å². The molecular formula is C50H55N11O6. The first-order valence-corrected chi connectivity index (χ1v) is 23.1. The third-order valence-corrected chi connectivity index (χ3v) is 14.3. The third kappa shape index (κ3) is 8.37. The fourth-order valence-corrected chi connectivity index (χ4v) is 10.7. The number of para-hydroxylation sites is 1. The van der Waals surface area contributed by atoms with Crippen LogP contribution in [0.2, 0.25) is 0 Å². The molecule has 7 heterocycles. The van der Waals surface area contributed by atoms with E-state index in [1.807, 2.05) is 56.6 Å². The summed E-state index contributed by atoms with van der Waals surface area (Å²) in [5.41, 5.74) is 6.46. The average molecular weight is 906 g/mol. The van der Waals surface area contributed by atoms with Crippen LogP contribution in [0, 0.1) is 5.92 Å². The maximum Gasteiger partial charge on any atom is 0.262 e. The molecule has 5 amide bonds. The van der Waals surface area contributed by atoms with Gasteiger partial charge < -0.3 is 34.6 Å². The highest BCUT2D eigenvalue weighted by Crippen LogP contribution is 2.40. The first-order valence-electron chi connectivity index (χ1n) is 23.1. The molecule has 3 unspecified atom stereocenters. The van der Waals surface area contributed by atoms with Crippen LogP contribution in [0.1, 0.15) is 52.8 Å². The number of benzene rings is 3. The van der Waals surface area contributed by atoms with Crippen molar-refractivity contribution >= 4 is 69.1 Å². The summed E-state index contributed by atoms with van der Waals surface area (Å²) in [6.07, 6.45) is 8.57. The molecule has 3 N–H and O–H groups in total. The minimum absolute atomic E-state index is 0.0911. The number of amides is 5. The minimum Gasteiger partial charge on any atom is -0.494 e. The number of anilines is 5. The maximum atomic E-state index is 13.5. The normalized spacial score (nSPS) is 21.0. The van der Waals surface area contributed by atoms with E-state index in [-0.39, 0.29) is 18.7 Å². The Morgan fingerprint density at radius 2 is 1.76 bits per heavy atom. The van der Waals surface area contributed by atoms with Crippen molar-refractivity contribution in [1.29, 1.82) is 0 Å². The smallest absolute Gasteiger partial charge is 0.262 e. The molecule has 0 radical (unpaired) electrons. The van der Waals surface area contributed by atoms with Crippen LogP contribution < -0.4 is 30.5 Å². The molecule has 4 fully saturated rings. The second kappa shape index (κ2) is 17.9. The van der Waals surface area contributed by atoms with E-state index in [1.54, 1.807) is 19.4 Å². The molecule has 2 bridgehead atoms. The molecule has 5 aliphatic rings. The third-order valence-electron chi connectivity index (χ3n) is 14.3. The Balaban J connectivity index is 0.733. The maximum absolute atomic E-state index is 13.5. The van der Waals surface area contributed by atoms with E-state index in [4.69, 9.17) is 9.72 Å². The van der Waals surface area contributed by atoms with Crippen LogP contribution in [0.5, 0.6) is 5.75 Å². The Morgan fingerprint density at radius 1 is 0.955 bits per heavy atom. The molecule has 17 heteroatoms. The number of carbonyl (C=O) groups is 5. The molecule has 67 heavy (non-hydrogen) atoms. The predicted molar refractivity (Wildman–Crippen MR) is 256 cm³/mol. The molecular weight excluding hydrogens is 851 g/mol. The van der Waals surface area contributed by atoms with Crippen molar-refractivity contribution < 1.29 is 28.7 Å². The van der Waals surface area contributed by atoms with E-state index in [0.717, 1.165) is 104 Å². The number of ether oxygens (including phenoxy) is 1. The molecule has 2 aromatic heterocycles. The van der Waals surface area contributed by atoms with Crippen LogP contribution >= 0.6 is 0 Å². The average Bonchev–Trinajstić information content (AvgIpc) is 4.09. The van der Waals surface area contributed by atoms with Crippen molar-refractivity contribution in [3.63, 3.8) is 0 Å².